The molecule has 338 valence electrons. The van der Waals surface area contributed by atoms with Crippen LogP contribution in [-0.4, -0.2) is 46.0 Å². The first kappa shape index (κ1) is 41.8. The van der Waals surface area contributed by atoms with Gasteiger partial charge < -0.3 is 60.2 Å². The first-order chi connectivity index (χ1) is 32.8. The number of phenolic OH excluding ortho intramolecular Hbond substituents is 9. The highest BCUT2D eigenvalue weighted by Crippen LogP contribution is 2.61. The van der Waals surface area contributed by atoms with E-state index in [0.717, 1.165) is 5.56 Å². The quantitative estimate of drug-likeness (QED) is 0.0652. The van der Waals surface area contributed by atoms with Gasteiger partial charge in [0.1, 0.15) is 87.3 Å². The van der Waals surface area contributed by atoms with E-state index >= 15 is 0 Å². The molecule has 3 heterocycles. The van der Waals surface area contributed by atoms with Crippen LogP contribution in [0.5, 0.6) is 69.0 Å². The van der Waals surface area contributed by atoms with Crippen LogP contribution in [0.2, 0.25) is 0 Å². The average Bonchev–Trinajstić information content (AvgIpc) is 4.02. The highest BCUT2D eigenvalue weighted by atomic mass is 16.5. The number of rotatable bonds is 8. The standard InChI is InChI=1S/C56H42O12/c57-36-11-3-28(4-12-36)1-2-29-19-42(63)51-45(20-29)66-55(31-7-15-38(59)16-8-31)49(51)34-23-44(65)53-47(25-34)68-56(32-9-17-39(60)18-10-32)50(53)35-24-43(64)52-46(26-35)67-54(30-5-13-37(58)14-6-30)48(52)33-21-40(61)27-41(62)22-33/h1-27,48-50,54-65H. The van der Waals surface area contributed by atoms with Crippen molar-refractivity contribution in [3.63, 3.8) is 0 Å². The highest BCUT2D eigenvalue weighted by Gasteiger charge is 2.46. The smallest absolute Gasteiger partial charge is 0.135 e. The van der Waals surface area contributed by atoms with E-state index in [0.29, 0.717) is 72.9 Å². The summed E-state index contributed by atoms with van der Waals surface area (Å²) in [7, 11) is 0. The van der Waals surface area contributed by atoms with Gasteiger partial charge in [0, 0.05) is 22.8 Å². The number of ether oxygens (including phenoxy) is 3. The third-order valence-electron chi connectivity index (χ3n) is 13.1. The van der Waals surface area contributed by atoms with Crippen LogP contribution in [0.1, 0.15) is 97.3 Å². The van der Waals surface area contributed by atoms with E-state index < -0.39 is 36.1 Å². The lowest BCUT2D eigenvalue weighted by atomic mass is 9.80. The normalized spacial score (nSPS) is 20.0. The molecule has 6 unspecified atom stereocenters. The molecule has 8 aromatic rings. The van der Waals surface area contributed by atoms with E-state index in [-0.39, 0.29) is 51.7 Å². The SMILES string of the molecule is Oc1ccc(C=Cc2cc(O)c3c(c2)OC(c2ccc(O)cc2)C3c2cc(O)c3c(c2)OC(c2ccc(O)cc2)C3c2cc(O)c3c(c2)OC(c2ccc(O)cc2)C3c2cc(O)cc(O)c2)cc1. The second kappa shape index (κ2) is 16.2. The summed E-state index contributed by atoms with van der Waals surface area (Å²) >= 11 is 0. The van der Waals surface area contributed by atoms with E-state index in [1.54, 1.807) is 97.1 Å². The van der Waals surface area contributed by atoms with Gasteiger partial charge >= 0.3 is 0 Å². The van der Waals surface area contributed by atoms with Gasteiger partial charge in [0.05, 0.1) is 17.8 Å². The number of phenols is 9. The molecular formula is C56H42O12. The van der Waals surface area contributed by atoms with Crippen LogP contribution in [0, 0.1) is 0 Å². The molecule has 12 nitrogen and oxygen atoms in total. The predicted molar refractivity (Wildman–Crippen MR) is 251 cm³/mol. The van der Waals surface area contributed by atoms with Crippen LogP contribution in [0.15, 0.2) is 152 Å². The minimum atomic E-state index is -0.798. The van der Waals surface area contributed by atoms with Crippen LogP contribution in [-0.2, 0) is 0 Å². The lowest BCUT2D eigenvalue weighted by Gasteiger charge is -2.22. The zero-order chi connectivity index (χ0) is 47.0. The summed E-state index contributed by atoms with van der Waals surface area (Å²) in [6.07, 6.45) is 1.40. The van der Waals surface area contributed by atoms with Gasteiger partial charge in [-0.3, -0.25) is 0 Å². The average molecular weight is 907 g/mol. The molecule has 0 aromatic heterocycles. The molecule has 0 amide bonds. The lowest BCUT2D eigenvalue weighted by molar-refractivity contribution is 0.216. The summed E-state index contributed by atoms with van der Waals surface area (Å²) in [5.74, 6) is -1.48. The molecule has 0 saturated carbocycles. The van der Waals surface area contributed by atoms with Gasteiger partial charge in [-0.25, -0.2) is 0 Å². The van der Waals surface area contributed by atoms with Crippen molar-refractivity contribution in [3.05, 3.63) is 213 Å². The fraction of sp³-hybridized carbons (Fsp3) is 0.107. The Morgan fingerprint density at radius 3 is 1.00 bits per heavy atom. The summed E-state index contributed by atoms with van der Waals surface area (Å²) in [6, 6.07) is 40.7. The Hall–Kier alpha value is -8.90. The molecule has 12 heteroatoms. The van der Waals surface area contributed by atoms with Gasteiger partial charge in [-0.2, -0.15) is 0 Å². The summed E-state index contributed by atoms with van der Waals surface area (Å²) in [4.78, 5) is 0. The summed E-state index contributed by atoms with van der Waals surface area (Å²) in [5.41, 5.74) is 6.34. The van der Waals surface area contributed by atoms with Gasteiger partial charge in [-0.05, 0) is 142 Å². The maximum absolute atomic E-state index is 12.3. The van der Waals surface area contributed by atoms with E-state index in [1.807, 2.05) is 24.3 Å². The second-order valence-electron chi connectivity index (χ2n) is 17.4. The fourth-order valence-electron chi connectivity index (χ4n) is 10.0. The lowest BCUT2D eigenvalue weighted by Crippen LogP contribution is -2.12. The van der Waals surface area contributed by atoms with E-state index in [4.69, 9.17) is 14.2 Å². The van der Waals surface area contributed by atoms with Gasteiger partial charge in [-0.15, -0.1) is 0 Å². The van der Waals surface area contributed by atoms with Crippen LogP contribution in [0.3, 0.4) is 0 Å². The third-order valence-corrected chi connectivity index (χ3v) is 13.1. The molecule has 9 N–H and O–H groups in total. The van der Waals surface area contributed by atoms with Crippen molar-refractivity contribution in [2.24, 2.45) is 0 Å². The molecule has 0 aliphatic carbocycles. The van der Waals surface area contributed by atoms with E-state index in [9.17, 15) is 46.0 Å². The number of benzene rings is 8. The molecule has 3 aliphatic rings. The Bertz CT molecular complexity index is 3250. The Kier molecular flexibility index (Phi) is 9.96. The van der Waals surface area contributed by atoms with Gasteiger partial charge in [-0.1, -0.05) is 60.7 Å². The van der Waals surface area contributed by atoms with Gasteiger partial charge in [0.15, 0.2) is 0 Å². The molecule has 11 rings (SSSR count). The topological polar surface area (TPSA) is 210 Å². The van der Waals surface area contributed by atoms with Crippen LogP contribution in [0.25, 0.3) is 12.2 Å². The van der Waals surface area contributed by atoms with Crippen molar-refractivity contribution in [3.8, 4) is 69.0 Å². The van der Waals surface area contributed by atoms with Crippen molar-refractivity contribution in [1.82, 2.24) is 0 Å². The first-order valence-electron chi connectivity index (χ1n) is 21.8. The molecule has 68 heavy (non-hydrogen) atoms. The summed E-state index contributed by atoms with van der Waals surface area (Å²) in [6.45, 7) is 0. The molecule has 6 atom stereocenters. The third kappa shape index (κ3) is 7.37. The van der Waals surface area contributed by atoms with Crippen molar-refractivity contribution in [1.29, 1.82) is 0 Å². The zero-order valence-corrected chi connectivity index (χ0v) is 35.8. The van der Waals surface area contributed by atoms with Crippen molar-refractivity contribution in [2.75, 3.05) is 0 Å². The molecule has 0 spiro atoms. The minimum Gasteiger partial charge on any atom is -0.508 e. The van der Waals surface area contributed by atoms with Crippen molar-refractivity contribution >= 4 is 12.2 Å². The Morgan fingerprint density at radius 2 is 0.603 bits per heavy atom. The molecule has 0 fully saturated rings. The Labute approximate surface area is 389 Å². The van der Waals surface area contributed by atoms with Crippen molar-refractivity contribution in [2.45, 2.75) is 36.1 Å². The van der Waals surface area contributed by atoms with Gasteiger partial charge in [0.25, 0.3) is 0 Å². The molecular weight excluding hydrogens is 865 g/mol. The highest BCUT2D eigenvalue weighted by molar-refractivity contribution is 5.73. The van der Waals surface area contributed by atoms with Gasteiger partial charge in [0.2, 0.25) is 0 Å². The number of fused-ring (bicyclic) bond motifs is 3. The number of aromatic hydroxyl groups is 9. The molecule has 0 saturated heterocycles. The molecule has 8 aromatic carbocycles. The molecule has 0 bridgehead atoms. The Balaban J connectivity index is 1.03. The number of hydrogen-bond acceptors (Lipinski definition) is 12. The summed E-state index contributed by atoms with van der Waals surface area (Å²) in [5, 5.41) is 97.7. The molecule has 0 radical (unpaired) electrons. The zero-order valence-electron chi connectivity index (χ0n) is 35.8. The van der Waals surface area contributed by atoms with Crippen molar-refractivity contribution < 1.29 is 60.2 Å². The number of hydrogen-bond donors (Lipinski definition) is 9. The maximum Gasteiger partial charge on any atom is 0.135 e. The Morgan fingerprint density at radius 1 is 0.279 bits per heavy atom. The second-order valence-corrected chi connectivity index (χ2v) is 17.4. The monoisotopic (exact) mass is 906 g/mol. The van der Waals surface area contributed by atoms with Crippen LogP contribution < -0.4 is 14.2 Å². The molecule has 3 aliphatic heterocycles. The largest absolute Gasteiger partial charge is 0.508 e. The predicted octanol–water partition coefficient (Wildman–Crippen LogP) is 11.0. The maximum atomic E-state index is 12.3. The van der Waals surface area contributed by atoms with Crippen LogP contribution in [0.4, 0.5) is 0 Å². The summed E-state index contributed by atoms with van der Waals surface area (Å²) < 4.78 is 20.2. The first-order valence-corrected chi connectivity index (χ1v) is 21.8. The van der Waals surface area contributed by atoms with E-state index in [1.165, 1.54) is 42.5 Å². The minimum absolute atomic E-state index is 0.0396. The van der Waals surface area contributed by atoms with Crippen LogP contribution >= 0.6 is 0 Å². The fourth-order valence-corrected chi connectivity index (χ4v) is 10.0. The van der Waals surface area contributed by atoms with E-state index in [2.05, 4.69) is 0 Å².